The Bertz CT molecular complexity index is 1370. The Morgan fingerprint density at radius 2 is 1.85 bits per heavy atom. The van der Waals surface area contributed by atoms with Crippen LogP contribution in [0.5, 0.6) is 11.5 Å². The number of rotatable bonds is 6. The lowest BCUT2D eigenvalue weighted by Gasteiger charge is -2.15. The van der Waals surface area contributed by atoms with Crippen molar-refractivity contribution in [2.24, 2.45) is 0 Å². The summed E-state index contributed by atoms with van der Waals surface area (Å²) in [6.07, 6.45) is -1.84. The van der Waals surface area contributed by atoms with Crippen LogP contribution >= 0.6 is 0 Å². The summed E-state index contributed by atoms with van der Waals surface area (Å²) in [5, 5.41) is 12.2. The number of hydrogen-bond donors (Lipinski definition) is 3. The fraction of sp³-hybridized carbons (Fsp3) is 0.0400. The summed E-state index contributed by atoms with van der Waals surface area (Å²) in [5.41, 5.74) is 6.94. The Kier molecular flexibility index (Phi) is 5.74. The van der Waals surface area contributed by atoms with Crippen molar-refractivity contribution in [1.29, 1.82) is 5.41 Å². The highest BCUT2D eigenvalue weighted by molar-refractivity contribution is 5.96. The molecule has 166 valence electrons. The number of nitrogen functional groups attached to an aromatic ring is 1. The van der Waals surface area contributed by atoms with Gasteiger partial charge in [0.2, 0.25) is 0 Å². The van der Waals surface area contributed by atoms with Crippen LogP contribution in [0, 0.1) is 5.41 Å². The smallest absolute Gasteiger partial charge is 0.416 e. The van der Waals surface area contributed by atoms with Crippen LogP contribution in [0.1, 0.15) is 16.7 Å². The van der Waals surface area contributed by atoms with E-state index in [-0.39, 0.29) is 5.82 Å². The molecule has 0 radical (unpaired) electrons. The zero-order chi connectivity index (χ0) is 23.6. The number of alkyl halides is 3. The van der Waals surface area contributed by atoms with Gasteiger partial charge in [-0.25, -0.2) is 4.98 Å². The van der Waals surface area contributed by atoms with E-state index in [4.69, 9.17) is 15.9 Å². The second-order valence-corrected chi connectivity index (χ2v) is 7.23. The predicted octanol–water partition coefficient (Wildman–Crippen LogP) is 6.71. The Morgan fingerprint density at radius 3 is 2.61 bits per heavy atom. The molecule has 0 spiro atoms. The van der Waals surface area contributed by atoms with Gasteiger partial charge >= 0.3 is 6.18 Å². The Labute approximate surface area is 187 Å². The maximum Gasteiger partial charge on any atom is 0.416 e. The fourth-order valence-corrected chi connectivity index (χ4v) is 3.44. The molecule has 1 aromatic heterocycles. The lowest BCUT2D eigenvalue weighted by Crippen LogP contribution is -2.06. The van der Waals surface area contributed by atoms with Crippen molar-refractivity contribution in [1.82, 2.24) is 4.98 Å². The predicted molar refractivity (Wildman–Crippen MR) is 125 cm³/mol. The Hall–Kier alpha value is -4.33. The molecular weight excluding hydrogens is 429 g/mol. The highest BCUT2D eigenvalue weighted by Crippen LogP contribution is 2.34. The zero-order valence-corrected chi connectivity index (χ0v) is 17.3. The molecular formula is C25H19F3N4O. The normalized spacial score (nSPS) is 11.2. The molecule has 33 heavy (non-hydrogen) atoms. The summed E-state index contributed by atoms with van der Waals surface area (Å²) in [4.78, 5) is 3.95. The number of halogens is 3. The molecule has 0 aliphatic carbocycles. The SMILES string of the molecule is C=C(Nc1cccc(C(F)(F)F)c1)c1cccc2cc(Oc3ccnc(N)c3C=N)ccc12. The third-order valence-electron chi connectivity index (χ3n) is 5.02. The molecule has 4 rings (SSSR count). The van der Waals surface area contributed by atoms with Gasteiger partial charge in [-0.05, 0) is 53.2 Å². The molecule has 0 bridgehead atoms. The highest BCUT2D eigenvalue weighted by Gasteiger charge is 2.30. The first-order chi connectivity index (χ1) is 15.8. The average molecular weight is 448 g/mol. The van der Waals surface area contributed by atoms with Crippen molar-refractivity contribution in [2.45, 2.75) is 6.18 Å². The Morgan fingerprint density at radius 1 is 1.06 bits per heavy atom. The van der Waals surface area contributed by atoms with Gasteiger partial charge in [0.1, 0.15) is 17.3 Å². The van der Waals surface area contributed by atoms with Gasteiger partial charge in [0.15, 0.2) is 0 Å². The van der Waals surface area contributed by atoms with Crippen LogP contribution in [-0.4, -0.2) is 11.2 Å². The average Bonchev–Trinajstić information content (AvgIpc) is 2.78. The highest BCUT2D eigenvalue weighted by atomic mass is 19.4. The number of fused-ring (bicyclic) bond motifs is 1. The standard InChI is InChI=1S/C25H19F3N4O/c1-15(32-18-6-3-5-17(13-18)25(26,27)28)20-7-2-4-16-12-19(8-9-21(16)20)33-23-10-11-31-24(30)22(23)14-29/h2-14,29,32H,1H2,(H2,30,31). The molecule has 0 fully saturated rings. The number of hydrogen-bond acceptors (Lipinski definition) is 5. The molecule has 0 aliphatic rings. The first kappa shape index (κ1) is 21.9. The van der Waals surface area contributed by atoms with Crippen LogP contribution in [0.2, 0.25) is 0 Å². The van der Waals surface area contributed by atoms with E-state index in [1.807, 2.05) is 30.3 Å². The third kappa shape index (κ3) is 4.64. The van der Waals surface area contributed by atoms with E-state index in [1.54, 1.807) is 18.2 Å². The second kappa shape index (κ2) is 8.66. The molecule has 0 atom stereocenters. The van der Waals surface area contributed by atoms with E-state index in [9.17, 15) is 13.2 Å². The van der Waals surface area contributed by atoms with E-state index in [1.165, 1.54) is 12.3 Å². The van der Waals surface area contributed by atoms with Gasteiger partial charge in [-0.1, -0.05) is 30.8 Å². The van der Waals surface area contributed by atoms with Crippen LogP contribution in [0.3, 0.4) is 0 Å². The number of nitrogens with two attached hydrogens (primary N) is 1. The van der Waals surface area contributed by atoms with Gasteiger partial charge in [-0.2, -0.15) is 13.2 Å². The number of benzene rings is 3. The minimum Gasteiger partial charge on any atom is -0.456 e. The minimum atomic E-state index is -4.42. The van der Waals surface area contributed by atoms with Crippen LogP contribution in [0.15, 0.2) is 79.5 Å². The van der Waals surface area contributed by atoms with Crippen molar-refractivity contribution in [3.8, 4) is 11.5 Å². The number of anilines is 2. The minimum absolute atomic E-state index is 0.197. The van der Waals surface area contributed by atoms with Gasteiger partial charge in [-0.15, -0.1) is 0 Å². The van der Waals surface area contributed by atoms with Gasteiger partial charge in [0.05, 0.1) is 11.1 Å². The van der Waals surface area contributed by atoms with Gasteiger partial charge in [0.25, 0.3) is 0 Å². The van der Waals surface area contributed by atoms with E-state index in [2.05, 4.69) is 16.9 Å². The Balaban J connectivity index is 1.62. The summed E-state index contributed by atoms with van der Waals surface area (Å²) in [7, 11) is 0. The van der Waals surface area contributed by atoms with Crippen molar-refractivity contribution in [3.05, 3.63) is 96.2 Å². The molecule has 0 saturated carbocycles. The molecule has 0 unspecified atom stereocenters. The van der Waals surface area contributed by atoms with Crippen molar-refractivity contribution >= 4 is 34.2 Å². The van der Waals surface area contributed by atoms with E-state index in [0.717, 1.165) is 34.7 Å². The number of pyridine rings is 1. The first-order valence-corrected chi connectivity index (χ1v) is 9.85. The molecule has 4 N–H and O–H groups in total. The van der Waals surface area contributed by atoms with Crippen molar-refractivity contribution in [3.63, 3.8) is 0 Å². The summed E-state index contributed by atoms with van der Waals surface area (Å²) in [6.45, 7) is 4.02. The van der Waals surface area contributed by atoms with E-state index in [0.29, 0.717) is 28.4 Å². The van der Waals surface area contributed by atoms with Crippen molar-refractivity contribution < 1.29 is 17.9 Å². The zero-order valence-electron chi connectivity index (χ0n) is 17.3. The summed E-state index contributed by atoms with van der Waals surface area (Å²) in [6, 6.07) is 17.6. The number of nitrogens with one attached hydrogen (secondary N) is 2. The molecule has 4 aromatic rings. The number of aromatic nitrogens is 1. The monoisotopic (exact) mass is 448 g/mol. The van der Waals surface area contributed by atoms with Crippen LogP contribution in [-0.2, 0) is 6.18 Å². The molecule has 8 heteroatoms. The summed E-state index contributed by atoms with van der Waals surface area (Å²) < 4.78 is 45.0. The lowest BCUT2D eigenvalue weighted by atomic mass is 10.0. The first-order valence-electron chi connectivity index (χ1n) is 9.85. The molecule has 0 aliphatic heterocycles. The molecule has 0 amide bonds. The maximum absolute atomic E-state index is 13.0. The van der Waals surface area contributed by atoms with Crippen LogP contribution in [0.25, 0.3) is 16.5 Å². The van der Waals surface area contributed by atoms with Crippen molar-refractivity contribution in [2.75, 3.05) is 11.1 Å². The van der Waals surface area contributed by atoms with Gasteiger partial charge in [0, 0.05) is 29.4 Å². The number of ether oxygens (including phenoxy) is 1. The maximum atomic E-state index is 13.0. The fourth-order valence-electron chi connectivity index (χ4n) is 3.44. The molecule has 1 heterocycles. The lowest BCUT2D eigenvalue weighted by molar-refractivity contribution is -0.137. The summed E-state index contributed by atoms with van der Waals surface area (Å²) >= 11 is 0. The van der Waals surface area contributed by atoms with Crippen LogP contribution < -0.4 is 15.8 Å². The van der Waals surface area contributed by atoms with E-state index < -0.39 is 11.7 Å². The molecule has 0 saturated heterocycles. The van der Waals surface area contributed by atoms with Gasteiger partial charge in [-0.3, -0.25) is 0 Å². The number of nitrogens with zero attached hydrogens (tertiary/aromatic N) is 1. The second-order valence-electron chi connectivity index (χ2n) is 7.23. The molecule has 3 aromatic carbocycles. The quantitative estimate of drug-likeness (QED) is 0.286. The van der Waals surface area contributed by atoms with Crippen LogP contribution in [0.4, 0.5) is 24.7 Å². The van der Waals surface area contributed by atoms with E-state index >= 15 is 0 Å². The summed E-state index contributed by atoms with van der Waals surface area (Å²) in [5.74, 6) is 1.14. The third-order valence-corrected chi connectivity index (χ3v) is 5.02. The molecule has 5 nitrogen and oxygen atoms in total. The van der Waals surface area contributed by atoms with Gasteiger partial charge < -0.3 is 21.2 Å². The largest absolute Gasteiger partial charge is 0.456 e. The topological polar surface area (TPSA) is 84.0 Å².